The highest BCUT2D eigenvalue weighted by atomic mass is 32.2. The highest BCUT2D eigenvalue weighted by Crippen LogP contribution is 2.23. The Labute approximate surface area is 129 Å². The summed E-state index contributed by atoms with van der Waals surface area (Å²) in [5.41, 5.74) is 0. The number of amides is 1. The van der Waals surface area contributed by atoms with Crippen LogP contribution in [-0.4, -0.2) is 54.3 Å². The van der Waals surface area contributed by atoms with Crippen molar-refractivity contribution in [2.45, 2.75) is 44.4 Å². The molecule has 1 saturated heterocycles. The molecule has 0 bridgehead atoms. The van der Waals surface area contributed by atoms with Crippen LogP contribution >= 0.6 is 11.9 Å². The van der Waals surface area contributed by atoms with Crippen molar-refractivity contribution in [1.82, 2.24) is 10.2 Å². The monoisotopic (exact) mass is 317 g/mol. The number of carbonyl (C=O) groups is 2. The fraction of sp³-hybridized carbons (Fsp3) is 0.846. The van der Waals surface area contributed by atoms with Crippen molar-refractivity contribution in [2.24, 2.45) is 4.58 Å². The molecule has 0 aromatic heterocycles. The Morgan fingerprint density at radius 1 is 1.43 bits per heavy atom. The normalized spacial score (nSPS) is 18.0. The quantitative estimate of drug-likeness (QED) is 0.413. The molecule has 1 aliphatic heterocycles. The second kappa shape index (κ2) is 9.73. The molecule has 1 heterocycles. The molecule has 0 saturated carbocycles. The third-order valence-corrected chi connectivity index (χ3v) is 4.26. The van der Waals surface area contributed by atoms with E-state index in [4.69, 9.17) is 4.74 Å². The Hall–Kier alpha value is -1.15. The van der Waals surface area contributed by atoms with Crippen LogP contribution in [0.15, 0.2) is 4.58 Å². The van der Waals surface area contributed by atoms with E-state index >= 15 is 0 Å². The summed E-state index contributed by atoms with van der Waals surface area (Å²) in [6.45, 7) is 5.91. The molecular weight excluding hydrogens is 294 g/mol. The van der Waals surface area contributed by atoms with Crippen molar-refractivity contribution in [3.8, 4) is 0 Å². The fourth-order valence-electron chi connectivity index (χ4n) is 2.35. The van der Waals surface area contributed by atoms with Gasteiger partial charge in [0.25, 0.3) is 0 Å². The molecule has 1 rings (SSSR count). The topological polar surface area (TPSA) is 88.1 Å². The minimum absolute atomic E-state index is 0.236. The zero-order chi connectivity index (χ0) is 15.7. The number of nitroso groups, excluding NO2 is 1. The lowest BCUT2D eigenvalue weighted by atomic mass is 10.1. The number of likely N-dealkylation sites (tertiary alicyclic amines) is 1. The molecule has 0 aromatic carbocycles. The summed E-state index contributed by atoms with van der Waals surface area (Å²) >= 11 is 1.11. The lowest BCUT2D eigenvalue weighted by molar-refractivity contribution is -0.147. The molecule has 0 aliphatic carbocycles. The summed E-state index contributed by atoms with van der Waals surface area (Å²) in [4.78, 5) is 35.4. The van der Waals surface area contributed by atoms with Gasteiger partial charge in [0.15, 0.2) is 0 Å². The van der Waals surface area contributed by atoms with E-state index in [2.05, 4.69) is 14.8 Å². The molecule has 21 heavy (non-hydrogen) atoms. The second-order valence-electron chi connectivity index (χ2n) is 5.01. The van der Waals surface area contributed by atoms with Crippen molar-refractivity contribution in [1.29, 1.82) is 0 Å². The Morgan fingerprint density at radius 2 is 2.10 bits per heavy atom. The van der Waals surface area contributed by atoms with E-state index in [1.807, 2.05) is 0 Å². The van der Waals surface area contributed by atoms with E-state index in [1.165, 1.54) is 6.92 Å². The third kappa shape index (κ3) is 6.90. The maximum Gasteiger partial charge on any atom is 0.328 e. The van der Waals surface area contributed by atoms with Crippen LogP contribution in [0.2, 0.25) is 0 Å². The van der Waals surface area contributed by atoms with Crippen molar-refractivity contribution >= 4 is 23.8 Å². The zero-order valence-electron chi connectivity index (χ0n) is 12.5. The number of nitrogens with zero attached hydrogens (tertiary/aromatic N) is 2. The van der Waals surface area contributed by atoms with Gasteiger partial charge >= 0.3 is 5.97 Å². The van der Waals surface area contributed by atoms with Crippen LogP contribution < -0.4 is 5.32 Å². The molecule has 0 unspecified atom stereocenters. The molecule has 7 nitrogen and oxygen atoms in total. The number of ether oxygens (including phenoxy) is 1. The molecule has 1 atom stereocenters. The van der Waals surface area contributed by atoms with Crippen LogP contribution in [0.25, 0.3) is 0 Å². The van der Waals surface area contributed by atoms with Crippen LogP contribution in [0, 0.1) is 4.91 Å². The average Bonchev–Trinajstić information content (AvgIpc) is 2.45. The van der Waals surface area contributed by atoms with Crippen molar-refractivity contribution in [2.75, 3.05) is 26.2 Å². The minimum Gasteiger partial charge on any atom is -0.464 e. The lowest BCUT2D eigenvalue weighted by Crippen LogP contribution is -2.44. The van der Waals surface area contributed by atoms with Crippen LogP contribution in [0.3, 0.4) is 0 Å². The molecule has 120 valence electrons. The maximum atomic E-state index is 11.8. The molecule has 1 fully saturated rings. The van der Waals surface area contributed by atoms with Gasteiger partial charge in [-0.1, -0.05) is 0 Å². The van der Waals surface area contributed by atoms with Gasteiger partial charge in [0.1, 0.15) is 6.04 Å². The van der Waals surface area contributed by atoms with Crippen LogP contribution in [0.4, 0.5) is 0 Å². The van der Waals surface area contributed by atoms with Gasteiger partial charge in [0, 0.05) is 35.2 Å². The number of hydrogen-bond donors (Lipinski definition) is 1. The largest absolute Gasteiger partial charge is 0.464 e. The van der Waals surface area contributed by atoms with Gasteiger partial charge in [-0.25, -0.2) is 4.79 Å². The molecule has 8 heteroatoms. The predicted molar refractivity (Wildman–Crippen MR) is 81.7 cm³/mol. The number of rotatable bonds is 8. The molecule has 0 aromatic rings. The first-order valence-corrected chi connectivity index (χ1v) is 8.05. The number of hydrogen-bond acceptors (Lipinski definition) is 7. The summed E-state index contributed by atoms with van der Waals surface area (Å²) < 4.78 is 7.85. The standard InChI is InChI=1S/C13H23N3O4S/c1-3-20-13(18)12(14-10(2)17)6-9-16-7-4-11(5-8-16)21-15-19/h11-12H,3-9H2,1-2H3,(H,14,17)/t12-/m0/s1. The van der Waals surface area contributed by atoms with Crippen LogP contribution in [0.1, 0.15) is 33.1 Å². The van der Waals surface area contributed by atoms with Crippen LogP contribution in [0.5, 0.6) is 0 Å². The summed E-state index contributed by atoms with van der Waals surface area (Å²) in [6, 6.07) is -0.591. The smallest absolute Gasteiger partial charge is 0.328 e. The van der Waals surface area contributed by atoms with E-state index in [1.54, 1.807) is 6.92 Å². The summed E-state index contributed by atoms with van der Waals surface area (Å²) in [6.07, 6.45) is 2.36. The lowest BCUT2D eigenvalue weighted by Gasteiger charge is -2.31. The number of carbonyl (C=O) groups excluding carboxylic acids is 2. The van der Waals surface area contributed by atoms with Crippen LogP contribution in [-0.2, 0) is 14.3 Å². The first kappa shape index (κ1) is 17.9. The summed E-state index contributed by atoms with van der Waals surface area (Å²) in [7, 11) is 0. The number of esters is 1. The number of nitrogens with one attached hydrogen (secondary N) is 1. The molecule has 1 amide bonds. The molecule has 0 radical (unpaired) electrons. The van der Waals surface area contributed by atoms with E-state index in [0.717, 1.165) is 44.4 Å². The van der Waals surface area contributed by atoms with E-state index in [0.29, 0.717) is 18.3 Å². The van der Waals surface area contributed by atoms with E-state index < -0.39 is 6.04 Å². The van der Waals surface area contributed by atoms with Gasteiger partial charge < -0.3 is 15.0 Å². The van der Waals surface area contributed by atoms with E-state index in [9.17, 15) is 14.5 Å². The van der Waals surface area contributed by atoms with Gasteiger partial charge in [-0.2, -0.15) is 0 Å². The first-order chi connectivity index (χ1) is 10.1. The zero-order valence-corrected chi connectivity index (χ0v) is 13.4. The summed E-state index contributed by atoms with van der Waals surface area (Å²) in [5, 5.41) is 2.93. The maximum absolute atomic E-state index is 11.8. The molecule has 1 N–H and O–H groups in total. The molecule has 0 spiro atoms. The van der Waals surface area contributed by atoms with Crippen molar-refractivity contribution in [3.05, 3.63) is 4.91 Å². The Kier molecular flexibility index (Phi) is 8.29. The van der Waals surface area contributed by atoms with E-state index in [-0.39, 0.29) is 11.9 Å². The van der Waals surface area contributed by atoms with Gasteiger partial charge in [-0.15, -0.1) is 4.91 Å². The third-order valence-electron chi connectivity index (χ3n) is 3.41. The Balaban J connectivity index is 2.37. The summed E-state index contributed by atoms with van der Waals surface area (Å²) in [5.74, 6) is -0.622. The highest BCUT2D eigenvalue weighted by Gasteiger charge is 2.24. The molecule has 1 aliphatic rings. The Morgan fingerprint density at radius 3 is 2.62 bits per heavy atom. The predicted octanol–water partition coefficient (Wildman–Crippen LogP) is 1.32. The fourth-order valence-corrected chi connectivity index (χ4v) is 2.89. The Bertz CT molecular complexity index is 359. The van der Waals surface area contributed by atoms with Gasteiger partial charge in [-0.05, 0) is 39.3 Å². The second-order valence-corrected chi connectivity index (χ2v) is 6.04. The van der Waals surface area contributed by atoms with Gasteiger partial charge in [-0.3, -0.25) is 4.79 Å². The van der Waals surface area contributed by atoms with Gasteiger partial charge in [0.05, 0.1) is 6.61 Å². The van der Waals surface area contributed by atoms with Gasteiger partial charge in [0.2, 0.25) is 5.91 Å². The molecular formula is C13H23N3O4S. The van der Waals surface area contributed by atoms with Crippen molar-refractivity contribution in [3.63, 3.8) is 0 Å². The number of piperidine rings is 1. The SMILES string of the molecule is CCOC(=O)[C@H](CCN1CCC(SN=O)CC1)NC(C)=O. The van der Waals surface area contributed by atoms with Crippen molar-refractivity contribution < 1.29 is 14.3 Å². The average molecular weight is 317 g/mol. The minimum atomic E-state index is -0.591. The highest BCUT2D eigenvalue weighted by molar-refractivity contribution is 7.98. The first-order valence-electron chi connectivity index (χ1n) is 7.21.